The van der Waals surface area contributed by atoms with Crippen LogP contribution >= 0.6 is 0 Å². The molecule has 1 amide bonds. The molecule has 1 atom stereocenters. The van der Waals surface area contributed by atoms with Crippen molar-refractivity contribution in [3.05, 3.63) is 0 Å². The van der Waals surface area contributed by atoms with Crippen molar-refractivity contribution in [1.82, 2.24) is 14.5 Å². The van der Waals surface area contributed by atoms with Gasteiger partial charge in [0.05, 0.1) is 18.5 Å². The van der Waals surface area contributed by atoms with Crippen molar-refractivity contribution in [3.63, 3.8) is 0 Å². The number of carbonyl (C=O) groups excluding carboxylic acids is 1. The molecule has 0 aliphatic carbocycles. The fraction of sp³-hybridized carbons (Fsp3) is 0.929. The zero-order valence-corrected chi connectivity index (χ0v) is 14.9. The Kier molecular flexibility index (Phi) is 7.75. The standard InChI is InChI=1S/C14H29N3O4S/c1-12(2)21-9-10-22(19,20)17-7-5-16(6-8-17)14(18)13(3)11-15-4/h12-13,15H,5-11H2,1-4H3. The van der Waals surface area contributed by atoms with Crippen LogP contribution in [0.4, 0.5) is 0 Å². The second-order valence-electron chi connectivity index (χ2n) is 5.92. The first-order valence-electron chi connectivity index (χ1n) is 7.80. The second kappa shape index (κ2) is 8.81. The van der Waals surface area contributed by atoms with E-state index in [-0.39, 0.29) is 30.3 Å². The lowest BCUT2D eigenvalue weighted by Gasteiger charge is -2.35. The molecule has 0 bridgehead atoms. The Labute approximate surface area is 134 Å². The van der Waals surface area contributed by atoms with Gasteiger partial charge < -0.3 is 15.0 Å². The lowest BCUT2D eigenvalue weighted by atomic mass is 10.1. The van der Waals surface area contributed by atoms with E-state index in [4.69, 9.17) is 4.74 Å². The molecule has 1 unspecified atom stereocenters. The van der Waals surface area contributed by atoms with Crippen molar-refractivity contribution in [2.24, 2.45) is 5.92 Å². The van der Waals surface area contributed by atoms with Gasteiger partial charge in [0.15, 0.2) is 0 Å². The highest BCUT2D eigenvalue weighted by Crippen LogP contribution is 2.11. The van der Waals surface area contributed by atoms with E-state index in [9.17, 15) is 13.2 Å². The fourth-order valence-electron chi connectivity index (χ4n) is 2.41. The van der Waals surface area contributed by atoms with Crippen molar-refractivity contribution in [2.75, 3.05) is 52.1 Å². The summed E-state index contributed by atoms with van der Waals surface area (Å²) >= 11 is 0. The SMILES string of the molecule is CNCC(C)C(=O)N1CCN(S(=O)(=O)CCOC(C)C)CC1. The Bertz CT molecular complexity index is 445. The molecule has 0 aromatic rings. The number of rotatable bonds is 8. The third-order valence-corrected chi connectivity index (χ3v) is 5.50. The summed E-state index contributed by atoms with van der Waals surface area (Å²) in [6.07, 6.45) is 0.0262. The summed E-state index contributed by atoms with van der Waals surface area (Å²) < 4.78 is 31.2. The van der Waals surface area contributed by atoms with Crippen molar-refractivity contribution in [3.8, 4) is 0 Å². The number of sulfonamides is 1. The van der Waals surface area contributed by atoms with Gasteiger partial charge in [0.1, 0.15) is 0 Å². The van der Waals surface area contributed by atoms with Gasteiger partial charge in [-0.2, -0.15) is 4.31 Å². The van der Waals surface area contributed by atoms with Crippen LogP contribution < -0.4 is 5.32 Å². The highest BCUT2D eigenvalue weighted by Gasteiger charge is 2.30. The van der Waals surface area contributed by atoms with Crippen LogP contribution in [0, 0.1) is 5.92 Å². The first-order chi connectivity index (χ1) is 10.3. The van der Waals surface area contributed by atoms with Gasteiger partial charge in [-0.3, -0.25) is 4.79 Å². The third kappa shape index (κ3) is 5.83. The first kappa shape index (κ1) is 19.3. The van der Waals surface area contributed by atoms with Gasteiger partial charge in [-0.25, -0.2) is 8.42 Å². The lowest BCUT2D eigenvalue weighted by molar-refractivity contribution is -0.136. The zero-order valence-electron chi connectivity index (χ0n) is 14.0. The smallest absolute Gasteiger partial charge is 0.226 e. The Morgan fingerprint density at radius 3 is 2.27 bits per heavy atom. The van der Waals surface area contributed by atoms with Gasteiger partial charge in [0, 0.05) is 38.6 Å². The van der Waals surface area contributed by atoms with Crippen molar-refractivity contribution < 1.29 is 17.9 Å². The van der Waals surface area contributed by atoms with Crippen LogP contribution in [0.3, 0.4) is 0 Å². The minimum Gasteiger partial charge on any atom is -0.378 e. The molecular weight excluding hydrogens is 306 g/mol. The first-order valence-corrected chi connectivity index (χ1v) is 9.41. The highest BCUT2D eigenvalue weighted by molar-refractivity contribution is 7.89. The molecular formula is C14H29N3O4S. The summed E-state index contributed by atoms with van der Waals surface area (Å²) in [7, 11) is -1.49. The maximum Gasteiger partial charge on any atom is 0.226 e. The molecule has 0 aromatic carbocycles. The molecule has 1 heterocycles. The topological polar surface area (TPSA) is 79.0 Å². The second-order valence-corrected chi connectivity index (χ2v) is 8.01. The molecule has 0 aromatic heterocycles. The Morgan fingerprint density at radius 1 is 1.18 bits per heavy atom. The molecule has 0 saturated carbocycles. The van der Waals surface area contributed by atoms with Crippen LogP contribution in [0.1, 0.15) is 20.8 Å². The van der Waals surface area contributed by atoms with E-state index in [2.05, 4.69) is 5.32 Å². The molecule has 130 valence electrons. The number of nitrogens with zero attached hydrogens (tertiary/aromatic N) is 2. The van der Waals surface area contributed by atoms with Gasteiger partial charge >= 0.3 is 0 Å². The highest BCUT2D eigenvalue weighted by atomic mass is 32.2. The Morgan fingerprint density at radius 2 is 1.77 bits per heavy atom. The lowest BCUT2D eigenvalue weighted by Crippen LogP contribution is -2.53. The predicted molar refractivity (Wildman–Crippen MR) is 86.1 cm³/mol. The summed E-state index contributed by atoms with van der Waals surface area (Å²) in [5, 5.41) is 2.99. The molecule has 1 aliphatic heterocycles. The molecule has 1 N–H and O–H groups in total. The molecule has 1 saturated heterocycles. The van der Waals surface area contributed by atoms with E-state index in [1.807, 2.05) is 27.8 Å². The maximum absolute atomic E-state index is 12.2. The summed E-state index contributed by atoms with van der Waals surface area (Å²) in [6.45, 7) is 8.11. The monoisotopic (exact) mass is 335 g/mol. The maximum atomic E-state index is 12.2. The minimum atomic E-state index is -3.30. The molecule has 8 heteroatoms. The number of hydrogen-bond donors (Lipinski definition) is 1. The summed E-state index contributed by atoms with van der Waals surface area (Å²) in [6, 6.07) is 0. The van der Waals surface area contributed by atoms with Gasteiger partial charge in [0.2, 0.25) is 15.9 Å². The van der Waals surface area contributed by atoms with Crippen molar-refractivity contribution in [2.45, 2.75) is 26.9 Å². The fourth-order valence-corrected chi connectivity index (χ4v) is 3.69. The predicted octanol–water partition coefficient (Wildman–Crippen LogP) is -0.259. The molecule has 22 heavy (non-hydrogen) atoms. The van der Waals surface area contributed by atoms with Crippen LogP contribution in [0.15, 0.2) is 0 Å². The minimum absolute atomic E-state index is 0.00468. The van der Waals surface area contributed by atoms with Crippen LogP contribution in [-0.2, 0) is 19.6 Å². The van der Waals surface area contributed by atoms with Gasteiger partial charge in [-0.15, -0.1) is 0 Å². The van der Waals surface area contributed by atoms with E-state index in [1.165, 1.54) is 4.31 Å². The zero-order chi connectivity index (χ0) is 16.8. The number of ether oxygens (including phenoxy) is 1. The quantitative estimate of drug-likeness (QED) is 0.661. The average molecular weight is 335 g/mol. The Balaban J connectivity index is 2.45. The molecule has 1 aliphatic rings. The van der Waals surface area contributed by atoms with E-state index in [0.717, 1.165) is 0 Å². The van der Waals surface area contributed by atoms with Crippen LogP contribution in [0.2, 0.25) is 0 Å². The summed E-state index contributed by atoms with van der Waals surface area (Å²) in [5.41, 5.74) is 0. The van der Waals surface area contributed by atoms with E-state index in [1.54, 1.807) is 4.90 Å². The average Bonchev–Trinajstić information content (AvgIpc) is 2.46. The Hall–Kier alpha value is -0.700. The van der Waals surface area contributed by atoms with E-state index >= 15 is 0 Å². The van der Waals surface area contributed by atoms with Crippen molar-refractivity contribution in [1.29, 1.82) is 0 Å². The largest absolute Gasteiger partial charge is 0.378 e. The third-order valence-electron chi connectivity index (χ3n) is 3.67. The van der Waals surface area contributed by atoms with Gasteiger partial charge in [-0.1, -0.05) is 6.92 Å². The normalized spacial score (nSPS) is 18.7. The van der Waals surface area contributed by atoms with E-state index in [0.29, 0.717) is 32.7 Å². The van der Waals surface area contributed by atoms with Crippen LogP contribution in [0.5, 0.6) is 0 Å². The number of amides is 1. The summed E-state index contributed by atoms with van der Waals surface area (Å²) in [4.78, 5) is 13.9. The van der Waals surface area contributed by atoms with E-state index < -0.39 is 10.0 Å². The number of hydrogen-bond acceptors (Lipinski definition) is 5. The molecule has 0 radical (unpaired) electrons. The molecule has 0 spiro atoms. The van der Waals surface area contributed by atoms with Crippen LogP contribution in [0.25, 0.3) is 0 Å². The summed E-state index contributed by atoms with van der Waals surface area (Å²) in [5.74, 6) is -0.0166. The van der Waals surface area contributed by atoms with Crippen LogP contribution in [-0.4, -0.2) is 81.8 Å². The van der Waals surface area contributed by atoms with Gasteiger partial charge in [-0.05, 0) is 20.9 Å². The number of piperazine rings is 1. The number of nitrogens with one attached hydrogen (secondary N) is 1. The molecule has 7 nitrogen and oxygen atoms in total. The van der Waals surface area contributed by atoms with Crippen molar-refractivity contribution >= 4 is 15.9 Å². The molecule has 1 rings (SSSR count). The number of carbonyl (C=O) groups is 1. The van der Waals surface area contributed by atoms with Gasteiger partial charge in [0.25, 0.3) is 0 Å². The molecule has 1 fully saturated rings.